The van der Waals surface area contributed by atoms with Crippen LogP contribution in [0.25, 0.3) is 0 Å². The van der Waals surface area contributed by atoms with Crippen LogP contribution < -0.4 is 10.6 Å². The molecule has 1 aromatic heterocycles. The highest BCUT2D eigenvalue weighted by molar-refractivity contribution is 8.01. The van der Waals surface area contributed by atoms with Gasteiger partial charge in [0.05, 0.1) is 10.7 Å². The molecule has 0 aliphatic carbocycles. The van der Waals surface area contributed by atoms with Gasteiger partial charge in [0.2, 0.25) is 11.0 Å². The molecule has 0 radical (unpaired) electrons. The monoisotopic (exact) mass is 449 g/mol. The molecule has 0 spiro atoms. The van der Waals surface area contributed by atoms with Crippen molar-refractivity contribution in [2.45, 2.75) is 4.34 Å². The van der Waals surface area contributed by atoms with Gasteiger partial charge in [-0.05, 0) is 30.3 Å². The van der Waals surface area contributed by atoms with Gasteiger partial charge in [-0.2, -0.15) is 0 Å². The number of amides is 2. The summed E-state index contributed by atoms with van der Waals surface area (Å²) >= 11 is 8.06. The molecule has 1 heterocycles. The largest absolute Gasteiger partial charge is 0.325 e. The molecule has 0 saturated carbocycles. The number of carbonyl (C=O) groups excluding carboxylic acids is 2. The molecular weight excluding hydrogens is 438 g/mol. The van der Waals surface area contributed by atoms with E-state index in [9.17, 15) is 19.7 Å². The van der Waals surface area contributed by atoms with Crippen molar-refractivity contribution in [1.82, 2.24) is 10.2 Å². The maximum atomic E-state index is 12.1. The Labute approximate surface area is 177 Å². The van der Waals surface area contributed by atoms with Crippen LogP contribution in [0, 0.1) is 10.1 Å². The molecule has 9 nitrogen and oxygen atoms in total. The molecule has 0 atom stereocenters. The molecule has 29 heavy (non-hydrogen) atoms. The quantitative estimate of drug-likeness (QED) is 0.240. The Bertz CT molecular complexity index is 1060. The summed E-state index contributed by atoms with van der Waals surface area (Å²) in [4.78, 5) is 34.4. The van der Waals surface area contributed by atoms with Crippen LogP contribution in [0.1, 0.15) is 10.4 Å². The van der Waals surface area contributed by atoms with E-state index in [2.05, 4.69) is 20.8 Å². The third-order valence-corrected chi connectivity index (χ3v) is 5.62. The minimum absolute atomic E-state index is 0.0302. The predicted octanol–water partition coefficient (Wildman–Crippen LogP) is 4.08. The SMILES string of the molecule is O=C(CSc1nnc(NC(=O)c2ccc(Cl)cc2)s1)Nc1cccc([N+](=O)[O-])c1. The van der Waals surface area contributed by atoms with Gasteiger partial charge in [0.15, 0.2) is 4.34 Å². The zero-order valence-electron chi connectivity index (χ0n) is 14.5. The summed E-state index contributed by atoms with van der Waals surface area (Å²) in [5.74, 6) is -0.669. The molecule has 0 fully saturated rings. The van der Waals surface area contributed by atoms with Crippen molar-refractivity contribution in [3.63, 3.8) is 0 Å². The third-order valence-electron chi connectivity index (χ3n) is 3.40. The van der Waals surface area contributed by atoms with Gasteiger partial charge in [-0.25, -0.2) is 0 Å². The van der Waals surface area contributed by atoms with Gasteiger partial charge in [0.25, 0.3) is 11.6 Å². The van der Waals surface area contributed by atoms with Gasteiger partial charge >= 0.3 is 0 Å². The second-order valence-electron chi connectivity index (χ2n) is 5.48. The van der Waals surface area contributed by atoms with Crippen LogP contribution in [0.4, 0.5) is 16.5 Å². The normalized spacial score (nSPS) is 10.4. The minimum atomic E-state index is -0.536. The molecule has 0 saturated heterocycles. The van der Waals surface area contributed by atoms with Crippen LogP contribution in [-0.4, -0.2) is 32.7 Å². The topological polar surface area (TPSA) is 127 Å². The molecule has 0 aliphatic rings. The van der Waals surface area contributed by atoms with Crippen molar-refractivity contribution < 1.29 is 14.5 Å². The number of nitro benzene ring substituents is 1. The Morgan fingerprint density at radius 2 is 1.90 bits per heavy atom. The maximum absolute atomic E-state index is 12.1. The Morgan fingerprint density at radius 3 is 2.62 bits per heavy atom. The van der Waals surface area contributed by atoms with Crippen LogP contribution in [0.2, 0.25) is 5.02 Å². The highest BCUT2D eigenvalue weighted by Gasteiger charge is 2.13. The lowest BCUT2D eigenvalue weighted by Crippen LogP contribution is -2.14. The fourth-order valence-electron chi connectivity index (χ4n) is 2.11. The van der Waals surface area contributed by atoms with Crippen molar-refractivity contribution in [2.75, 3.05) is 16.4 Å². The van der Waals surface area contributed by atoms with Crippen molar-refractivity contribution in [2.24, 2.45) is 0 Å². The van der Waals surface area contributed by atoms with Crippen molar-refractivity contribution >= 4 is 63.0 Å². The molecule has 2 N–H and O–H groups in total. The summed E-state index contributed by atoms with van der Waals surface area (Å²) in [6.07, 6.45) is 0. The molecule has 12 heteroatoms. The van der Waals surface area contributed by atoms with Gasteiger partial charge in [-0.1, -0.05) is 40.8 Å². The lowest BCUT2D eigenvalue weighted by atomic mass is 10.2. The van der Waals surface area contributed by atoms with Crippen LogP contribution in [0.5, 0.6) is 0 Å². The summed E-state index contributed by atoms with van der Waals surface area (Å²) in [6, 6.07) is 12.1. The summed E-state index contributed by atoms with van der Waals surface area (Å²) in [5, 5.41) is 24.6. The standard InChI is InChI=1S/C17H12ClN5O4S2/c18-11-6-4-10(5-7-11)15(25)20-16-21-22-17(29-16)28-9-14(24)19-12-2-1-3-13(8-12)23(26)27/h1-8H,9H2,(H,19,24)(H,20,21,25). The van der Waals surface area contributed by atoms with E-state index in [-0.39, 0.29) is 23.3 Å². The van der Waals surface area contributed by atoms with E-state index < -0.39 is 4.92 Å². The van der Waals surface area contributed by atoms with Gasteiger partial charge in [-0.15, -0.1) is 10.2 Å². The number of non-ortho nitro benzene ring substituents is 1. The van der Waals surface area contributed by atoms with E-state index in [0.29, 0.717) is 25.7 Å². The Kier molecular flexibility index (Phi) is 6.75. The van der Waals surface area contributed by atoms with Crippen molar-refractivity contribution in [1.29, 1.82) is 0 Å². The van der Waals surface area contributed by atoms with Gasteiger partial charge in [-0.3, -0.25) is 25.0 Å². The molecule has 2 amide bonds. The molecular formula is C17H12ClN5O4S2. The van der Waals surface area contributed by atoms with E-state index in [1.165, 1.54) is 18.2 Å². The molecule has 0 unspecified atom stereocenters. The van der Waals surface area contributed by atoms with E-state index >= 15 is 0 Å². The highest BCUT2D eigenvalue weighted by atomic mass is 35.5. The average Bonchev–Trinajstić information content (AvgIpc) is 3.14. The van der Waals surface area contributed by atoms with E-state index in [4.69, 9.17) is 11.6 Å². The maximum Gasteiger partial charge on any atom is 0.271 e. The lowest BCUT2D eigenvalue weighted by molar-refractivity contribution is -0.384. The molecule has 2 aromatic carbocycles. The number of hydrogen-bond donors (Lipinski definition) is 2. The number of thioether (sulfide) groups is 1. The Morgan fingerprint density at radius 1 is 1.14 bits per heavy atom. The van der Waals surface area contributed by atoms with Crippen molar-refractivity contribution in [3.8, 4) is 0 Å². The first-order valence-electron chi connectivity index (χ1n) is 7.98. The van der Waals surface area contributed by atoms with Crippen LogP contribution in [0.15, 0.2) is 52.9 Å². The highest BCUT2D eigenvalue weighted by Crippen LogP contribution is 2.26. The smallest absolute Gasteiger partial charge is 0.271 e. The zero-order valence-corrected chi connectivity index (χ0v) is 16.9. The zero-order chi connectivity index (χ0) is 20.8. The number of nitro groups is 1. The Hall–Kier alpha value is -3.02. The number of rotatable bonds is 7. The summed E-state index contributed by atoms with van der Waals surface area (Å²) in [5.41, 5.74) is 0.647. The van der Waals surface area contributed by atoms with Gasteiger partial charge in [0, 0.05) is 28.4 Å². The Balaban J connectivity index is 1.51. The number of anilines is 2. The van der Waals surface area contributed by atoms with Crippen LogP contribution in [0.3, 0.4) is 0 Å². The average molecular weight is 450 g/mol. The van der Waals surface area contributed by atoms with Crippen molar-refractivity contribution in [3.05, 3.63) is 69.2 Å². The predicted molar refractivity (Wildman–Crippen MR) is 112 cm³/mol. The minimum Gasteiger partial charge on any atom is -0.325 e. The van der Waals surface area contributed by atoms with E-state index in [1.54, 1.807) is 30.3 Å². The number of aromatic nitrogens is 2. The first-order valence-corrected chi connectivity index (χ1v) is 10.2. The van der Waals surface area contributed by atoms with E-state index in [1.807, 2.05) is 0 Å². The first-order chi connectivity index (χ1) is 13.9. The van der Waals surface area contributed by atoms with Crippen LogP contribution >= 0.6 is 34.7 Å². The molecule has 3 aromatic rings. The number of nitrogens with zero attached hydrogens (tertiary/aromatic N) is 3. The molecule has 3 rings (SSSR count). The fraction of sp³-hybridized carbons (Fsp3) is 0.0588. The summed E-state index contributed by atoms with van der Waals surface area (Å²) in [7, 11) is 0. The van der Waals surface area contributed by atoms with Crippen LogP contribution in [-0.2, 0) is 4.79 Å². The number of nitrogens with one attached hydrogen (secondary N) is 2. The number of halogens is 1. The van der Waals surface area contributed by atoms with Gasteiger partial charge < -0.3 is 5.32 Å². The number of benzene rings is 2. The summed E-state index contributed by atoms with van der Waals surface area (Å²) < 4.78 is 0.491. The number of hydrogen-bond acceptors (Lipinski definition) is 8. The first kappa shape index (κ1) is 20.7. The lowest BCUT2D eigenvalue weighted by Gasteiger charge is -2.03. The van der Waals surface area contributed by atoms with E-state index in [0.717, 1.165) is 23.1 Å². The fourth-order valence-corrected chi connectivity index (χ4v) is 3.78. The molecule has 0 aliphatic heterocycles. The third kappa shape index (κ3) is 5.98. The number of carbonyl (C=O) groups is 2. The second-order valence-corrected chi connectivity index (χ2v) is 8.11. The molecule has 148 valence electrons. The molecule has 0 bridgehead atoms. The second kappa shape index (κ2) is 9.45. The van der Waals surface area contributed by atoms with Gasteiger partial charge in [0.1, 0.15) is 0 Å². The summed E-state index contributed by atoms with van der Waals surface area (Å²) in [6.45, 7) is 0.